The monoisotopic (exact) mass is 478 g/mol. The maximum Gasteiger partial charge on any atom is 0.272 e. The number of benzene rings is 1. The molecule has 1 aromatic rings. The third-order valence-electron chi connectivity index (χ3n) is 5.35. The molecule has 0 amide bonds. The molecule has 3 nitrogen and oxygen atoms in total. The highest BCUT2D eigenvalue weighted by molar-refractivity contribution is 5.21. The molecule has 7 heteroatoms. The predicted octanol–water partition coefficient (Wildman–Crippen LogP) is 8.23. The summed E-state index contributed by atoms with van der Waals surface area (Å²) in [5.41, 5.74) is -0.172. The normalized spacial score (nSPS) is 13.0. The molecule has 0 aliphatic rings. The quantitative estimate of drug-likeness (QED) is 0.0699. The lowest BCUT2D eigenvalue weighted by molar-refractivity contribution is -0.327. The van der Waals surface area contributed by atoms with Gasteiger partial charge in [-0.25, -0.2) is 17.6 Å². The molecule has 0 aromatic heterocycles. The van der Waals surface area contributed by atoms with Gasteiger partial charge in [0.2, 0.25) is 0 Å². The fraction of sp³-hybridized carbons (Fsp3) is 0.769. The van der Waals surface area contributed by atoms with Crippen LogP contribution in [0, 0.1) is 23.3 Å². The number of halogens is 4. The van der Waals surface area contributed by atoms with Crippen molar-refractivity contribution in [1.29, 1.82) is 0 Å². The van der Waals surface area contributed by atoms with Crippen LogP contribution in [-0.4, -0.2) is 24.8 Å². The van der Waals surface area contributed by atoms with Gasteiger partial charge >= 0.3 is 0 Å². The first-order valence-corrected chi connectivity index (χ1v) is 12.4. The first-order chi connectivity index (χ1) is 15.6. The van der Waals surface area contributed by atoms with E-state index in [-0.39, 0.29) is 30.3 Å². The van der Waals surface area contributed by atoms with Gasteiger partial charge in [0.25, 0.3) is 6.48 Å². The maximum atomic E-state index is 14.0. The van der Waals surface area contributed by atoms with Crippen LogP contribution in [0.15, 0.2) is 6.07 Å². The summed E-state index contributed by atoms with van der Waals surface area (Å²) in [5.74, 6) is -6.26. The van der Waals surface area contributed by atoms with E-state index in [0.717, 1.165) is 25.3 Å². The van der Waals surface area contributed by atoms with Gasteiger partial charge in [-0.05, 0) is 65.0 Å². The Balaban J connectivity index is 2.69. The molecule has 1 rings (SSSR count). The van der Waals surface area contributed by atoms with E-state index >= 15 is 0 Å². The van der Waals surface area contributed by atoms with Crippen molar-refractivity contribution in [3.63, 3.8) is 0 Å². The third-order valence-corrected chi connectivity index (χ3v) is 5.35. The van der Waals surface area contributed by atoms with E-state index in [0.29, 0.717) is 12.8 Å². The minimum Gasteiger partial charge on any atom is -0.327 e. The van der Waals surface area contributed by atoms with Crippen LogP contribution in [0.4, 0.5) is 17.6 Å². The standard InChI is InChI=1S/C26H42F4O3/c1-6-7-8-9-10-11-12-15-21(33-26(31-18(2)3)32-19(4)5)16-13-14-20-17-22(27)24(29)25(30)23(20)28/h17-19,21,26H,6-16H2,1-5H3. The zero-order valence-electron chi connectivity index (χ0n) is 20.9. The van der Waals surface area contributed by atoms with E-state index in [1.165, 1.54) is 32.1 Å². The van der Waals surface area contributed by atoms with Gasteiger partial charge in [0.1, 0.15) is 0 Å². The van der Waals surface area contributed by atoms with E-state index in [1.807, 2.05) is 27.7 Å². The van der Waals surface area contributed by atoms with Crippen molar-refractivity contribution >= 4 is 0 Å². The minimum absolute atomic E-state index is 0.0809. The lowest BCUT2D eigenvalue weighted by Gasteiger charge is -2.28. The molecule has 0 N–H and O–H groups in total. The number of ether oxygens (including phenoxy) is 3. The van der Waals surface area contributed by atoms with Crippen LogP contribution in [0.5, 0.6) is 0 Å². The van der Waals surface area contributed by atoms with E-state index in [4.69, 9.17) is 14.2 Å². The van der Waals surface area contributed by atoms with Gasteiger partial charge in [-0.3, -0.25) is 0 Å². The summed E-state index contributed by atoms with van der Waals surface area (Å²) < 4.78 is 71.8. The van der Waals surface area contributed by atoms with Crippen molar-refractivity contribution in [3.05, 3.63) is 34.9 Å². The van der Waals surface area contributed by atoms with Crippen LogP contribution in [0.2, 0.25) is 0 Å². The molecule has 33 heavy (non-hydrogen) atoms. The summed E-state index contributed by atoms with van der Waals surface area (Å²) in [6, 6.07) is 0.729. The fourth-order valence-electron chi connectivity index (χ4n) is 3.63. The van der Waals surface area contributed by atoms with Crippen molar-refractivity contribution in [2.75, 3.05) is 0 Å². The van der Waals surface area contributed by atoms with Crippen molar-refractivity contribution in [1.82, 2.24) is 0 Å². The number of rotatable bonds is 18. The Bertz CT molecular complexity index is 657. The molecular weight excluding hydrogens is 436 g/mol. The maximum absolute atomic E-state index is 14.0. The minimum atomic E-state index is -1.78. The second-order valence-corrected chi connectivity index (χ2v) is 9.18. The summed E-state index contributed by atoms with van der Waals surface area (Å²) in [7, 11) is 0. The van der Waals surface area contributed by atoms with Crippen molar-refractivity contribution in [2.24, 2.45) is 0 Å². The predicted molar refractivity (Wildman–Crippen MR) is 123 cm³/mol. The molecule has 1 aromatic carbocycles. The Kier molecular flexibility index (Phi) is 14.9. The summed E-state index contributed by atoms with van der Waals surface area (Å²) in [4.78, 5) is 0. The van der Waals surface area contributed by atoms with Crippen LogP contribution >= 0.6 is 0 Å². The van der Waals surface area contributed by atoms with Gasteiger partial charge in [0, 0.05) is 0 Å². The second kappa shape index (κ2) is 16.4. The van der Waals surface area contributed by atoms with Gasteiger partial charge in [0.05, 0.1) is 18.3 Å². The number of unbranched alkanes of at least 4 members (excludes halogenated alkanes) is 6. The Labute approximate surface area is 197 Å². The van der Waals surface area contributed by atoms with Crippen molar-refractivity contribution in [3.8, 4) is 0 Å². The van der Waals surface area contributed by atoms with Gasteiger partial charge < -0.3 is 14.2 Å². The van der Waals surface area contributed by atoms with Crippen LogP contribution in [-0.2, 0) is 20.6 Å². The molecule has 0 radical (unpaired) electrons. The molecule has 0 fully saturated rings. The zero-order valence-corrected chi connectivity index (χ0v) is 20.9. The average Bonchev–Trinajstić information content (AvgIpc) is 2.73. The summed E-state index contributed by atoms with van der Waals surface area (Å²) in [6.07, 6.45) is 9.61. The second-order valence-electron chi connectivity index (χ2n) is 9.18. The molecule has 1 unspecified atom stereocenters. The topological polar surface area (TPSA) is 27.7 Å². The zero-order chi connectivity index (χ0) is 24.8. The highest BCUT2D eigenvalue weighted by Crippen LogP contribution is 2.23. The van der Waals surface area contributed by atoms with E-state index in [1.54, 1.807) is 0 Å². The van der Waals surface area contributed by atoms with Gasteiger partial charge in [0.15, 0.2) is 23.3 Å². The fourth-order valence-corrected chi connectivity index (χ4v) is 3.63. The van der Waals surface area contributed by atoms with Crippen LogP contribution < -0.4 is 0 Å². The molecule has 0 spiro atoms. The average molecular weight is 479 g/mol. The van der Waals surface area contributed by atoms with Gasteiger partial charge in [-0.15, -0.1) is 0 Å². The highest BCUT2D eigenvalue weighted by atomic mass is 19.2. The van der Waals surface area contributed by atoms with E-state index in [9.17, 15) is 17.6 Å². The number of hydrogen-bond acceptors (Lipinski definition) is 3. The van der Waals surface area contributed by atoms with Crippen molar-refractivity contribution < 1.29 is 31.8 Å². The van der Waals surface area contributed by atoms with Crippen molar-refractivity contribution in [2.45, 2.75) is 130 Å². The SMILES string of the molecule is CCCCCCCCCC(CCCc1cc(F)c(F)c(F)c1F)OC(OC(C)C)OC(C)C. The molecule has 0 aliphatic heterocycles. The molecule has 0 heterocycles. The first-order valence-electron chi connectivity index (χ1n) is 12.4. The van der Waals surface area contributed by atoms with Gasteiger partial charge in [-0.2, -0.15) is 0 Å². The smallest absolute Gasteiger partial charge is 0.272 e. The van der Waals surface area contributed by atoms with Crippen LogP contribution in [0.25, 0.3) is 0 Å². The third kappa shape index (κ3) is 12.2. The van der Waals surface area contributed by atoms with Gasteiger partial charge in [-0.1, -0.05) is 51.9 Å². The summed E-state index contributed by atoms with van der Waals surface area (Å²) in [6.45, 7) is 8.95. The largest absolute Gasteiger partial charge is 0.327 e. The van der Waals surface area contributed by atoms with E-state index in [2.05, 4.69) is 6.92 Å². The molecule has 0 bridgehead atoms. The lowest BCUT2D eigenvalue weighted by Crippen LogP contribution is -2.31. The lowest BCUT2D eigenvalue weighted by atomic mass is 10.0. The Morgan fingerprint density at radius 2 is 1.21 bits per heavy atom. The molecule has 1 atom stereocenters. The Morgan fingerprint density at radius 1 is 0.667 bits per heavy atom. The molecule has 192 valence electrons. The molecular formula is C26H42F4O3. The van der Waals surface area contributed by atoms with E-state index < -0.39 is 29.7 Å². The Hall–Kier alpha value is -1.18. The molecule has 0 aliphatic carbocycles. The molecule has 0 saturated heterocycles. The number of aryl methyl sites for hydroxylation is 1. The number of hydrogen-bond donors (Lipinski definition) is 0. The van der Waals surface area contributed by atoms with Crippen LogP contribution in [0.3, 0.4) is 0 Å². The summed E-state index contributed by atoms with van der Waals surface area (Å²) >= 11 is 0. The van der Waals surface area contributed by atoms with Crippen LogP contribution in [0.1, 0.15) is 104 Å². The summed E-state index contributed by atoms with van der Waals surface area (Å²) in [5, 5.41) is 0. The highest BCUT2D eigenvalue weighted by Gasteiger charge is 2.22. The first kappa shape index (κ1) is 29.9. The Morgan fingerprint density at radius 3 is 1.79 bits per heavy atom. The molecule has 0 saturated carbocycles.